The number of carbonyl (C=O) groups excluding carboxylic acids is 1. The van der Waals surface area contributed by atoms with Crippen LogP contribution in [0.25, 0.3) is 0 Å². The minimum atomic E-state index is 0.189. The van der Waals surface area contributed by atoms with Crippen LogP contribution in [-0.4, -0.2) is 5.91 Å². The third-order valence-electron chi connectivity index (χ3n) is 2.84. The highest BCUT2D eigenvalue weighted by atomic mass is 127. The Labute approximate surface area is 104 Å². The molecular weight excluding hydrogens is 301 g/mol. The highest BCUT2D eigenvalue weighted by Crippen LogP contribution is 2.26. The molecule has 2 nitrogen and oxygen atoms in total. The van der Waals surface area contributed by atoms with Gasteiger partial charge in [0.25, 0.3) is 0 Å². The van der Waals surface area contributed by atoms with Gasteiger partial charge in [0.1, 0.15) is 0 Å². The number of halogens is 1. The Morgan fingerprint density at radius 1 is 1.20 bits per heavy atom. The van der Waals surface area contributed by atoms with Crippen molar-refractivity contribution >= 4 is 34.2 Å². The Morgan fingerprint density at radius 3 is 2.40 bits per heavy atom. The summed E-state index contributed by atoms with van der Waals surface area (Å²) in [6.07, 6.45) is 4.50. The van der Waals surface area contributed by atoms with Gasteiger partial charge in [-0.3, -0.25) is 4.79 Å². The van der Waals surface area contributed by atoms with E-state index in [4.69, 9.17) is 0 Å². The highest BCUT2D eigenvalue weighted by molar-refractivity contribution is 14.1. The molecule has 1 saturated carbocycles. The van der Waals surface area contributed by atoms with E-state index < -0.39 is 0 Å². The van der Waals surface area contributed by atoms with E-state index in [0.29, 0.717) is 0 Å². The molecule has 15 heavy (non-hydrogen) atoms. The Hall–Kier alpha value is -0.580. The lowest BCUT2D eigenvalue weighted by atomic mass is 10.1. The summed E-state index contributed by atoms with van der Waals surface area (Å²) in [5.74, 6) is 0.429. The molecule has 1 aromatic rings. The molecule has 80 valence electrons. The molecule has 2 rings (SSSR count). The second-order valence-corrected chi connectivity index (χ2v) is 5.22. The van der Waals surface area contributed by atoms with Crippen LogP contribution in [0, 0.1) is 9.49 Å². The van der Waals surface area contributed by atoms with Crippen molar-refractivity contribution in [2.24, 2.45) is 5.92 Å². The fourth-order valence-electron chi connectivity index (χ4n) is 1.97. The Morgan fingerprint density at radius 2 is 1.80 bits per heavy atom. The number of rotatable bonds is 2. The fourth-order valence-corrected chi connectivity index (χ4v) is 2.33. The van der Waals surface area contributed by atoms with Crippen molar-refractivity contribution in [3.8, 4) is 0 Å². The van der Waals surface area contributed by atoms with Crippen LogP contribution < -0.4 is 5.32 Å². The maximum Gasteiger partial charge on any atom is 0.227 e. The van der Waals surface area contributed by atoms with Gasteiger partial charge < -0.3 is 5.32 Å². The van der Waals surface area contributed by atoms with E-state index in [-0.39, 0.29) is 11.8 Å². The van der Waals surface area contributed by atoms with E-state index in [1.54, 1.807) is 0 Å². The van der Waals surface area contributed by atoms with Crippen molar-refractivity contribution in [2.45, 2.75) is 25.7 Å². The number of carbonyl (C=O) groups is 1. The second-order valence-electron chi connectivity index (χ2n) is 3.98. The molecule has 1 aromatic carbocycles. The van der Waals surface area contributed by atoms with Gasteiger partial charge in [-0.25, -0.2) is 0 Å². The average molecular weight is 315 g/mol. The van der Waals surface area contributed by atoms with E-state index in [1.165, 1.54) is 16.4 Å². The van der Waals surface area contributed by atoms with E-state index in [2.05, 4.69) is 27.9 Å². The molecule has 0 bridgehead atoms. The predicted molar refractivity (Wildman–Crippen MR) is 69.7 cm³/mol. The highest BCUT2D eigenvalue weighted by Gasteiger charge is 2.22. The SMILES string of the molecule is O=C(Nc1ccc(I)cc1)C1CCCC1. The summed E-state index contributed by atoms with van der Waals surface area (Å²) in [6, 6.07) is 7.92. The maximum absolute atomic E-state index is 11.8. The molecule has 0 atom stereocenters. The van der Waals surface area contributed by atoms with Crippen LogP contribution in [-0.2, 0) is 4.79 Å². The Bertz CT molecular complexity index is 341. The summed E-state index contributed by atoms with van der Waals surface area (Å²) in [7, 11) is 0. The Kier molecular flexibility index (Phi) is 3.61. The standard InChI is InChI=1S/C12H14INO/c13-10-5-7-11(8-6-10)14-12(15)9-3-1-2-4-9/h5-9H,1-4H2,(H,14,15). The molecule has 1 amide bonds. The summed E-state index contributed by atoms with van der Waals surface area (Å²) in [6.45, 7) is 0. The van der Waals surface area contributed by atoms with E-state index >= 15 is 0 Å². The van der Waals surface area contributed by atoms with Crippen LogP contribution >= 0.6 is 22.6 Å². The summed E-state index contributed by atoms with van der Waals surface area (Å²) in [4.78, 5) is 11.8. The number of hydrogen-bond acceptors (Lipinski definition) is 1. The van der Waals surface area contributed by atoms with Gasteiger partial charge in [-0.05, 0) is 59.7 Å². The van der Waals surface area contributed by atoms with Crippen molar-refractivity contribution in [3.63, 3.8) is 0 Å². The van der Waals surface area contributed by atoms with Crippen LogP contribution in [0.15, 0.2) is 24.3 Å². The van der Waals surface area contributed by atoms with Crippen LogP contribution in [0.5, 0.6) is 0 Å². The minimum absolute atomic E-state index is 0.189. The molecular formula is C12H14INO. The zero-order valence-electron chi connectivity index (χ0n) is 8.50. The van der Waals surface area contributed by atoms with Gasteiger partial charge in [0, 0.05) is 15.2 Å². The van der Waals surface area contributed by atoms with Crippen LogP contribution in [0.1, 0.15) is 25.7 Å². The summed E-state index contributed by atoms with van der Waals surface area (Å²) in [5.41, 5.74) is 0.910. The minimum Gasteiger partial charge on any atom is -0.326 e. The number of nitrogens with one attached hydrogen (secondary N) is 1. The first-order chi connectivity index (χ1) is 7.25. The topological polar surface area (TPSA) is 29.1 Å². The van der Waals surface area contributed by atoms with E-state index in [0.717, 1.165) is 18.5 Å². The summed E-state index contributed by atoms with van der Waals surface area (Å²) >= 11 is 2.26. The van der Waals surface area contributed by atoms with E-state index in [1.807, 2.05) is 24.3 Å². The van der Waals surface area contributed by atoms with Gasteiger partial charge in [0.2, 0.25) is 5.91 Å². The number of anilines is 1. The maximum atomic E-state index is 11.8. The van der Waals surface area contributed by atoms with Gasteiger partial charge >= 0.3 is 0 Å². The van der Waals surface area contributed by atoms with Crippen molar-refractivity contribution < 1.29 is 4.79 Å². The third kappa shape index (κ3) is 2.93. The van der Waals surface area contributed by atoms with Crippen LogP contribution in [0.2, 0.25) is 0 Å². The van der Waals surface area contributed by atoms with Crippen LogP contribution in [0.4, 0.5) is 5.69 Å². The lowest BCUT2D eigenvalue weighted by Gasteiger charge is -2.10. The molecule has 1 N–H and O–H groups in total. The molecule has 1 aliphatic carbocycles. The first kappa shape index (κ1) is 10.9. The predicted octanol–water partition coefficient (Wildman–Crippen LogP) is 3.42. The lowest BCUT2D eigenvalue weighted by Crippen LogP contribution is -2.20. The molecule has 1 fully saturated rings. The second kappa shape index (κ2) is 4.96. The largest absolute Gasteiger partial charge is 0.326 e. The van der Waals surface area contributed by atoms with Gasteiger partial charge in [0.05, 0.1) is 0 Å². The van der Waals surface area contributed by atoms with Crippen LogP contribution in [0.3, 0.4) is 0 Å². The van der Waals surface area contributed by atoms with Gasteiger partial charge in [-0.15, -0.1) is 0 Å². The Balaban J connectivity index is 1.96. The normalized spacial score (nSPS) is 16.6. The fraction of sp³-hybridized carbons (Fsp3) is 0.417. The van der Waals surface area contributed by atoms with Crippen molar-refractivity contribution in [1.82, 2.24) is 0 Å². The molecule has 3 heteroatoms. The van der Waals surface area contributed by atoms with Gasteiger partial charge in [-0.2, -0.15) is 0 Å². The lowest BCUT2D eigenvalue weighted by molar-refractivity contribution is -0.119. The molecule has 0 aromatic heterocycles. The molecule has 0 aliphatic heterocycles. The third-order valence-corrected chi connectivity index (χ3v) is 3.56. The quantitative estimate of drug-likeness (QED) is 0.833. The average Bonchev–Trinajstić information content (AvgIpc) is 2.74. The monoisotopic (exact) mass is 315 g/mol. The zero-order chi connectivity index (χ0) is 10.7. The molecule has 0 saturated heterocycles. The number of amides is 1. The van der Waals surface area contributed by atoms with E-state index in [9.17, 15) is 4.79 Å². The van der Waals surface area contributed by atoms with Crippen molar-refractivity contribution in [1.29, 1.82) is 0 Å². The smallest absolute Gasteiger partial charge is 0.227 e. The number of benzene rings is 1. The molecule has 1 aliphatic rings. The summed E-state index contributed by atoms with van der Waals surface area (Å²) in [5, 5.41) is 2.97. The molecule has 0 heterocycles. The number of hydrogen-bond donors (Lipinski definition) is 1. The molecule has 0 radical (unpaired) electrons. The van der Waals surface area contributed by atoms with Gasteiger partial charge in [-0.1, -0.05) is 12.8 Å². The first-order valence-electron chi connectivity index (χ1n) is 5.32. The molecule has 0 spiro atoms. The first-order valence-corrected chi connectivity index (χ1v) is 6.40. The van der Waals surface area contributed by atoms with Crippen molar-refractivity contribution in [3.05, 3.63) is 27.8 Å². The van der Waals surface area contributed by atoms with Crippen molar-refractivity contribution in [2.75, 3.05) is 5.32 Å². The van der Waals surface area contributed by atoms with Gasteiger partial charge in [0.15, 0.2) is 0 Å². The molecule has 0 unspecified atom stereocenters. The zero-order valence-corrected chi connectivity index (χ0v) is 10.7. The summed E-state index contributed by atoms with van der Waals surface area (Å²) < 4.78 is 1.19.